The van der Waals surface area contributed by atoms with Gasteiger partial charge >= 0.3 is 6.18 Å². The molecule has 1 aromatic carbocycles. The first-order valence-electron chi connectivity index (χ1n) is 8.86. The van der Waals surface area contributed by atoms with Crippen LogP contribution < -0.4 is 15.1 Å². The summed E-state index contributed by atoms with van der Waals surface area (Å²) in [4.78, 5) is 20.2. The first-order valence-corrected chi connectivity index (χ1v) is 9.66. The molecule has 1 N–H and O–H groups in total. The van der Waals surface area contributed by atoms with Crippen molar-refractivity contribution < 1.29 is 18.0 Å². The van der Waals surface area contributed by atoms with Crippen LogP contribution in [-0.2, 0) is 11.0 Å². The molecule has 1 aromatic heterocycles. The molecule has 1 saturated heterocycles. The second kappa shape index (κ2) is 6.95. The lowest BCUT2D eigenvalue weighted by Crippen LogP contribution is -2.44. The highest BCUT2D eigenvalue weighted by Crippen LogP contribution is 2.43. The molecule has 2 aliphatic heterocycles. The third-order valence-electron chi connectivity index (χ3n) is 5.10. The van der Waals surface area contributed by atoms with Crippen molar-refractivity contribution in [2.75, 3.05) is 22.9 Å². The van der Waals surface area contributed by atoms with Crippen LogP contribution in [0.5, 0.6) is 0 Å². The summed E-state index contributed by atoms with van der Waals surface area (Å²) in [5, 5.41) is 2.96. The van der Waals surface area contributed by atoms with E-state index in [1.165, 1.54) is 19.1 Å². The highest BCUT2D eigenvalue weighted by molar-refractivity contribution is 9.10. The zero-order valence-electron chi connectivity index (χ0n) is 15.0. The fourth-order valence-corrected chi connectivity index (χ4v) is 4.29. The minimum Gasteiger partial charge on any atom is -0.352 e. The molecular weight excluding hydrogens is 437 g/mol. The van der Waals surface area contributed by atoms with E-state index in [4.69, 9.17) is 0 Å². The molecular formula is C19H18BrF3N4O. The predicted octanol–water partition coefficient (Wildman–Crippen LogP) is 4.10. The van der Waals surface area contributed by atoms with Gasteiger partial charge < -0.3 is 15.1 Å². The predicted molar refractivity (Wildman–Crippen MR) is 104 cm³/mol. The standard InChI is InChI=1S/C19H18BrF3N4O/c1-11(28)25-14-7-16-10-26(15-4-2-12(3-5-15)19(21,22)23)17-6-13(20)8-24-18(17)27(16)9-14/h2-6,8,14,16H,7,9-10H2,1H3,(H,25,28)/t14-,16-/m1/s1. The monoisotopic (exact) mass is 454 g/mol. The molecule has 4 rings (SSSR count). The number of carbonyl (C=O) groups excluding carboxylic acids is 1. The van der Waals surface area contributed by atoms with E-state index in [2.05, 4.69) is 31.1 Å². The lowest BCUT2D eigenvalue weighted by atomic mass is 10.1. The molecule has 148 valence electrons. The number of halogens is 4. The van der Waals surface area contributed by atoms with E-state index < -0.39 is 11.7 Å². The Balaban J connectivity index is 1.69. The number of nitrogens with one attached hydrogen (secondary N) is 1. The lowest BCUT2D eigenvalue weighted by molar-refractivity contribution is -0.137. The number of alkyl halides is 3. The molecule has 9 heteroatoms. The fraction of sp³-hybridized carbons (Fsp3) is 0.368. The van der Waals surface area contributed by atoms with E-state index in [0.29, 0.717) is 18.8 Å². The largest absolute Gasteiger partial charge is 0.416 e. The van der Waals surface area contributed by atoms with Gasteiger partial charge in [-0.2, -0.15) is 13.2 Å². The van der Waals surface area contributed by atoms with Crippen LogP contribution in [0.1, 0.15) is 18.9 Å². The number of benzene rings is 1. The number of nitrogens with zero attached hydrogens (tertiary/aromatic N) is 3. The number of rotatable bonds is 2. The average molecular weight is 455 g/mol. The smallest absolute Gasteiger partial charge is 0.352 e. The molecule has 28 heavy (non-hydrogen) atoms. The van der Waals surface area contributed by atoms with E-state index in [1.54, 1.807) is 6.20 Å². The van der Waals surface area contributed by atoms with Gasteiger partial charge in [0.2, 0.25) is 5.91 Å². The second-order valence-electron chi connectivity index (χ2n) is 7.09. The van der Waals surface area contributed by atoms with Crippen LogP contribution in [0.15, 0.2) is 41.0 Å². The average Bonchev–Trinajstić information content (AvgIpc) is 3.01. The van der Waals surface area contributed by atoms with Crippen LogP contribution in [0.25, 0.3) is 0 Å². The van der Waals surface area contributed by atoms with Crippen LogP contribution in [0.3, 0.4) is 0 Å². The van der Waals surface area contributed by atoms with Crippen molar-refractivity contribution in [2.24, 2.45) is 0 Å². The van der Waals surface area contributed by atoms with Gasteiger partial charge in [-0.1, -0.05) is 0 Å². The number of pyridine rings is 1. The van der Waals surface area contributed by atoms with Gasteiger partial charge in [-0.05, 0) is 52.7 Å². The van der Waals surface area contributed by atoms with Gasteiger partial charge in [0, 0.05) is 42.4 Å². The zero-order chi connectivity index (χ0) is 20.1. The quantitative estimate of drug-likeness (QED) is 0.741. The number of hydrogen-bond donors (Lipinski definition) is 1. The van der Waals surface area contributed by atoms with Crippen LogP contribution in [0.4, 0.5) is 30.4 Å². The number of hydrogen-bond acceptors (Lipinski definition) is 4. The molecule has 2 atom stereocenters. The topological polar surface area (TPSA) is 48.5 Å². The fourth-order valence-electron chi connectivity index (χ4n) is 3.97. The summed E-state index contributed by atoms with van der Waals surface area (Å²) in [6.45, 7) is 2.76. The van der Waals surface area contributed by atoms with Crippen molar-refractivity contribution in [1.82, 2.24) is 10.3 Å². The van der Waals surface area contributed by atoms with Gasteiger partial charge in [0.05, 0.1) is 17.3 Å². The number of carbonyl (C=O) groups is 1. The summed E-state index contributed by atoms with van der Waals surface area (Å²) in [5.74, 6) is 0.695. The van der Waals surface area contributed by atoms with Gasteiger partial charge in [-0.25, -0.2) is 4.98 Å². The third-order valence-corrected chi connectivity index (χ3v) is 5.53. The highest BCUT2D eigenvalue weighted by atomic mass is 79.9. The molecule has 0 saturated carbocycles. The molecule has 0 radical (unpaired) electrons. The Morgan fingerprint density at radius 3 is 2.61 bits per heavy atom. The van der Waals surface area contributed by atoms with Crippen molar-refractivity contribution in [3.63, 3.8) is 0 Å². The maximum absolute atomic E-state index is 12.9. The van der Waals surface area contributed by atoms with Crippen molar-refractivity contribution in [2.45, 2.75) is 31.6 Å². The second-order valence-corrected chi connectivity index (χ2v) is 8.01. The Bertz CT molecular complexity index is 903. The van der Waals surface area contributed by atoms with Gasteiger partial charge in [0.1, 0.15) is 0 Å². The van der Waals surface area contributed by atoms with Gasteiger partial charge in [0.15, 0.2) is 5.82 Å². The summed E-state index contributed by atoms with van der Waals surface area (Å²) in [6, 6.07) is 7.23. The first kappa shape index (κ1) is 19.0. The minimum atomic E-state index is -4.36. The Kier molecular flexibility index (Phi) is 4.73. The summed E-state index contributed by atoms with van der Waals surface area (Å²) >= 11 is 3.43. The molecule has 0 bridgehead atoms. The normalized spacial score (nSPS) is 21.3. The van der Waals surface area contributed by atoms with Crippen molar-refractivity contribution in [1.29, 1.82) is 0 Å². The van der Waals surface area contributed by atoms with Gasteiger partial charge in [-0.15, -0.1) is 0 Å². The Morgan fingerprint density at radius 2 is 1.96 bits per heavy atom. The molecule has 0 unspecified atom stereocenters. The summed E-state index contributed by atoms with van der Waals surface area (Å²) < 4.78 is 39.5. The molecule has 2 aromatic rings. The number of amides is 1. The maximum atomic E-state index is 12.9. The molecule has 5 nitrogen and oxygen atoms in total. The van der Waals surface area contributed by atoms with E-state index in [9.17, 15) is 18.0 Å². The van der Waals surface area contributed by atoms with Crippen LogP contribution in [0.2, 0.25) is 0 Å². The minimum absolute atomic E-state index is 0.0216. The molecule has 1 amide bonds. The highest BCUT2D eigenvalue weighted by Gasteiger charge is 2.40. The number of aromatic nitrogens is 1. The van der Waals surface area contributed by atoms with Gasteiger partial charge in [-0.3, -0.25) is 4.79 Å². The van der Waals surface area contributed by atoms with Crippen LogP contribution in [-0.4, -0.2) is 36.1 Å². The van der Waals surface area contributed by atoms with Crippen LogP contribution >= 0.6 is 15.9 Å². The third kappa shape index (κ3) is 3.55. The van der Waals surface area contributed by atoms with E-state index in [-0.39, 0.29) is 18.0 Å². The van der Waals surface area contributed by atoms with E-state index in [0.717, 1.165) is 34.5 Å². The summed E-state index contributed by atoms with van der Waals surface area (Å²) in [5.41, 5.74) is 0.833. The zero-order valence-corrected chi connectivity index (χ0v) is 16.6. The van der Waals surface area contributed by atoms with E-state index >= 15 is 0 Å². The van der Waals surface area contributed by atoms with Crippen molar-refractivity contribution >= 4 is 39.0 Å². The van der Waals surface area contributed by atoms with Crippen molar-refractivity contribution in [3.8, 4) is 0 Å². The SMILES string of the molecule is CC(=O)N[C@@H]1C[C@@H]2CN(c3ccc(C(F)(F)F)cc3)c3cc(Br)cnc3N2C1. The summed E-state index contributed by atoms with van der Waals surface area (Å²) in [6.07, 6.45) is -1.90. The lowest BCUT2D eigenvalue weighted by Gasteiger charge is -2.40. The molecule has 1 fully saturated rings. The molecule has 0 spiro atoms. The Morgan fingerprint density at radius 1 is 1.25 bits per heavy atom. The first-order chi connectivity index (χ1) is 13.2. The summed E-state index contributed by atoms with van der Waals surface area (Å²) in [7, 11) is 0. The number of anilines is 3. The maximum Gasteiger partial charge on any atom is 0.416 e. The van der Waals surface area contributed by atoms with E-state index in [1.807, 2.05) is 11.0 Å². The molecule has 3 heterocycles. The van der Waals surface area contributed by atoms with Gasteiger partial charge in [0.25, 0.3) is 0 Å². The van der Waals surface area contributed by atoms with Crippen LogP contribution in [0, 0.1) is 0 Å². The van der Waals surface area contributed by atoms with Crippen molar-refractivity contribution in [3.05, 3.63) is 46.6 Å². The Hall–Kier alpha value is -2.29. The molecule has 2 aliphatic rings. The Labute approximate surface area is 168 Å². The number of fused-ring (bicyclic) bond motifs is 3. The molecule has 0 aliphatic carbocycles.